The van der Waals surface area contributed by atoms with Gasteiger partial charge in [0.05, 0.1) is 24.4 Å². The van der Waals surface area contributed by atoms with Gasteiger partial charge in [-0.25, -0.2) is 4.98 Å². The number of aromatic nitrogens is 2. The molecule has 0 unspecified atom stereocenters. The summed E-state index contributed by atoms with van der Waals surface area (Å²) in [5.41, 5.74) is 7.21. The highest BCUT2D eigenvalue weighted by Crippen LogP contribution is 2.39. The third kappa shape index (κ3) is 4.25. The number of amides is 1. The molecule has 2 aromatic heterocycles. The van der Waals surface area contributed by atoms with Crippen LogP contribution in [-0.4, -0.2) is 22.6 Å². The van der Waals surface area contributed by atoms with Crippen molar-refractivity contribution in [2.24, 2.45) is 0 Å². The van der Waals surface area contributed by atoms with E-state index < -0.39 is 0 Å². The summed E-state index contributed by atoms with van der Waals surface area (Å²) in [7, 11) is 1.60. The molecule has 0 aliphatic heterocycles. The van der Waals surface area contributed by atoms with Crippen molar-refractivity contribution in [1.29, 1.82) is 5.26 Å². The van der Waals surface area contributed by atoms with Crippen molar-refractivity contribution in [2.45, 2.75) is 39.2 Å². The van der Waals surface area contributed by atoms with Crippen LogP contribution in [0.15, 0.2) is 60.7 Å². The predicted octanol–water partition coefficient (Wildman–Crippen LogP) is 6.11. The van der Waals surface area contributed by atoms with E-state index in [0.717, 1.165) is 47.3 Å². The Hall–Kier alpha value is -4.37. The quantitative estimate of drug-likeness (QED) is 0.352. The van der Waals surface area contributed by atoms with E-state index in [4.69, 9.17) is 9.72 Å². The van der Waals surface area contributed by atoms with Gasteiger partial charge in [-0.1, -0.05) is 24.3 Å². The normalized spacial score (nSPS) is 15.0. The SMILES string of the molecule is COc1ccc(NC(=O)C=Cc2c(C#N)c3c(C)cc(C)nc3n2[C@H]2CCCc3ccccc32)cc1. The molecule has 1 amide bonds. The minimum atomic E-state index is -0.272. The molecule has 6 heteroatoms. The van der Waals surface area contributed by atoms with Crippen LogP contribution in [0.4, 0.5) is 5.69 Å². The van der Waals surface area contributed by atoms with Gasteiger partial charge in [0.15, 0.2) is 0 Å². The number of nitriles is 1. The van der Waals surface area contributed by atoms with Crippen LogP contribution in [-0.2, 0) is 11.2 Å². The molecule has 0 bridgehead atoms. The first-order valence-corrected chi connectivity index (χ1v) is 12.1. The third-order valence-electron chi connectivity index (χ3n) is 6.83. The van der Waals surface area contributed by atoms with Gasteiger partial charge in [-0.2, -0.15) is 5.26 Å². The summed E-state index contributed by atoms with van der Waals surface area (Å²) in [6, 6.07) is 20.1. The highest BCUT2D eigenvalue weighted by molar-refractivity contribution is 6.03. The Morgan fingerprint density at radius 3 is 2.72 bits per heavy atom. The van der Waals surface area contributed by atoms with Crippen LogP contribution < -0.4 is 10.1 Å². The minimum absolute atomic E-state index is 0.0394. The lowest BCUT2D eigenvalue weighted by atomic mass is 9.87. The summed E-state index contributed by atoms with van der Waals surface area (Å²) in [6.07, 6.45) is 6.28. The predicted molar refractivity (Wildman–Crippen MR) is 142 cm³/mol. The van der Waals surface area contributed by atoms with Crippen LogP contribution in [0.1, 0.15) is 52.5 Å². The smallest absolute Gasteiger partial charge is 0.248 e. The van der Waals surface area contributed by atoms with Gasteiger partial charge >= 0.3 is 0 Å². The molecule has 0 fully saturated rings. The Morgan fingerprint density at radius 2 is 1.97 bits per heavy atom. The molecule has 0 radical (unpaired) electrons. The maximum atomic E-state index is 12.8. The lowest BCUT2D eigenvalue weighted by Crippen LogP contribution is -2.19. The molecule has 5 rings (SSSR count). The van der Waals surface area contributed by atoms with E-state index in [0.29, 0.717) is 16.9 Å². The number of benzene rings is 2. The average Bonchev–Trinajstić information content (AvgIpc) is 3.20. The second kappa shape index (κ2) is 9.71. The fourth-order valence-electron chi connectivity index (χ4n) is 5.26. The number of hydrogen-bond acceptors (Lipinski definition) is 4. The molecule has 0 spiro atoms. The summed E-state index contributed by atoms with van der Waals surface area (Å²) in [5, 5.41) is 14.0. The largest absolute Gasteiger partial charge is 0.497 e. The summed E-state index contributed by atoms with van der Waals surface area (Å²) in [4.78, 5) is 17.7. The maximum absolute atomic E-state index is 12.8. The summed E-state index contributed by atoms with van der Waals surface area (Å²) >= 11 is 0. The van der Waals surface area contributed by atoms with E-state index in [-0.39, 0.29) is 11.9 Å². The number of hydrogen-bond donors (Lipinski definition) is 1. The first kappa shape index (κ1) is 23.4. The lowest BCUT2D eigenvalue weighted by Gasteiger charge is -2.28. The van der Waals surface area contributed by atoms with Crippen molar-refractivity contribution in [1.82, 2.24) is 9.55 Å². The van der Waals surface area contributed by atoms with Crippen LogP contribution in [0, 0.1) is 25.2 Å². The summed E-state index contributed by atoms with van der Waals surface area (Å²) in [5.74, 6) is 0.448. The third-order valence-corrected chi connectivity index (χ3v) is 6.83. The molecule has 6 nitrogen and oxygen atoms in total. The van der Waals surface area contributed by atoms with Crippen LogP contribution >= 0.6 is 0 Å². The van der Waals surface area contributed by atoms with Gasteiger partial charge in [-0.3, -0.25) is 4.79 Å². The van der Waals surface area contributed by atoms with Crippen molar-refractivity contribution in [3.8, 4) is 11.8 Å². The van der Waals surface area contributed by atoms with E-state index in [1.54, 1.807) is 37.5 Å². The number of carbonyl (C=O) groups is 1. The second-order valence-corrected chi connectivity index (χ2v) is 9.18. The van der Waals surface area contributed by atoms with Crippen molar-refractivity contribution < 1.29 is 9.53 Å². The number of ether oxygens (including phenoxy) is 1. The molecule has 0 saturated carbocycles. The van der Waals surface area contributed by atoms with Gasteiger partial charge in [-0.05, 0) is 86.2 Å². The van der Waals surface area contributed by atoms with Gasteiger partial charge in [0, 0.05) is 22.8 Å². The fraction of sp³-hybridized carbons (Fsp3) is 0.233. The molecule has 1 aliphatic rings. The summed E-state index contributed by atoms with van der Waals surface area (Å²) < 4.78 is 7.35. The molecule has 2 heterocycles. The topological polar surface area (TPSA) is 79.9 Å². The molecule has 4 aromatic rings. The molecular weight excluding hydrogens is 448 g/mol. The molecule has 1 atom stereocenters. The standard InChI is InChI=1S/C30H28N4O2/c1-19-17-20(2)32-30-29(19)25(18-31)27(15-16-28(35)33-22-11-13-23(36-3)14-12-22)34(30)26-10-6-8-21-7-4-5-9-24(21)26/h4-5,7,9,11-17,26H,6,8,10H2,1-3H3,(H,33,35)/t26-/m0/s1. The van der Waals surface area contributed by atoms with Gasteiger partial charge in [0.25, 0.3) is 0 Å². The first-order valence-electron chi connectivity index (χ1n) is 12.1. The number of rotatable bonds is 5. The van der Waals surface area contributed by atoms with Crippen LogP contribution in [0.3, 0.4) is 0 Å². The Balaban J connectivity index is 1.62. The first-order chi connectivity index (χ1) is 17.5. The Labute approximate surface area is 210 Å². The van der Waals surface area contributed by atoms with Crippen LogP contribution in [0.2, 0.25) is 0 Å². The molecule has 0 saturated heterocycles. The Kier molecular flexibility index (Phi) is 6.30. The number of fused-ring (bicyclic) bond motifs is 2. The van der Waals surface area contributed by atoms with Crippen molar-refractivity contribution in [2.75, 3.05) is 12.4 Å². The number of aryl methyl sites for hydroxylation is 3. The highest BCUT2D eigenvalue weighted by atomic mass is 16.5. The zero-order chi connectivity index (χ0) is 25.2. The van der Waals surface area contributed by atoms with Crippen molar-refractivity contribution in [3.63, 3.8) is 0 Å². The highest BCUT2D eigenvalue weighted by Gasteiger charge is 2.28. The van der Waals surface area contributed by atoms with Gasteiger partial charge < -0.3 is 14.6 Å². The molecule has 36 heavy (non-hydrogen) atoms. The zero-order valence-electron chi connectivity index (χ0n) is 20.7. The lowest BCUT2D eigenvalue weighted by molar-refractivity contribution is -0.111. The fourth-order valence-corrected chi connectivity index (χ4v) is 5.26. The van der Waals surface area contributed by atoms with Crippen LogP contribution in [0.5, 0.6) is 5.75 Å². The van der Waals surface area contributed by atoms with E-state index in [1.807, 2.05) is 19.9 Å². The molecule has 180 valence electrons. The zero-order valence-corrected chi connectivity index (χ0v) is 20.7. The summed E-state index contributed by atoms with van der Waals surface area (Å²) in [6.45, 7) is 3.99. The number of nitrogens with one attached hydrogen (secondary N) is 1. The van der Waals surface area contributed by atoms with Gasteiger partial charge in [0.1, 0.15) is 17.5 Å². The van der Waals surface area contributed by atoms with Gasteiger partial charge in [0.2, 0.25) is 5.91 Å². The Morgan fingerprint density at radius 1 is 1.19 bits per heavy atom. The number of anilines is 1. The molecule has 1 N–H and O–H groups in total. The van der Waals surface area contributed by atoms with Crippen LogP contribution in [0.25, 0.3) is 17.1 Å². The average molecular weight is 477 g/mol. The van der Waals surface area contributed by atoms with Crippen molar-refractivity contribution >= 4 is 28.7 Å². The number of pyridine rings is 1. The number of methoxy groups -OCH3 is 1. The monoisotopic (exact) mass is 476 g/mol. The van der Waals surface area contributed by atoms with Crippen molar-refractivity contribution in [3.05, 3.63) is 94.3 Å². The maximum Gasteiger partial charge on any atom is 0.248 e. The van der Waals surface area contributed by atoms with Gasteiger partial charge in [-0.15, -0.1) is 0 Å². The number of carbonyl (C=O) groups excluding carboxylic acids is 1. The molecular formula is C30H28N4O2. The Bertz CT molecular complexity index is 1520. The van der Waals surface area contributed by atoms with E-state index in [2.05, 4.69) is 40.2 Å². The molecule has 2 aromatic carbocycles. The van der Waals surface area contributed by atoms with E-state index in [9.17, 15) is 10.1 Å². The van der Waals surface area contributed by atoms with E-state index >= 15 is 0 Å². The minimum Gasteiger partial charge on any atom is -0.497 e. The second-order valence-electron chi connectivity index (χ2n) is 9.18. The number of nitrogens with zero attached hydrogens (tertiary/aromatic N) is 3. The molecule has 1 aliphatic carbocycles. The van der Waals surface area contributed by atoms with E-state index in [1.165, 1.54) is 17.2 Å².